The average Bonchev–Trinajstić information content (AvgIpc) is 3.13. The zero-order valence-electron chi connectivity index (χ0n) is 9.78. The number of rotatable bonds is 5. The number of amides is 1. The number of nitriles is 1. The van der Waals surface area contributed by atoms with E-state index in [1.165, 1.54) is 12.1 Å². The Morgan fingerprint density at radius 2 is 2.33 bits per heavy atom. The fourth-order valence-corrected chi connectivity index (χ4v) is 1.47. The zero-order valence-corrected chi connectivity index (χ0v) is 9.78. The van der Waals surface area contributed by atoms with Gasteiger partial charge in [0.15, 0.2) is 0 Å². The third-order valence-electron chi connectivity index (χ3n) is 2.60. The van der Waals surface area contributed by atoms with Gasteiger partial charge in [0.25, 0.3) is 0 Å². The minimum Gasteiger partial charge on any atom is -0.493 e. The number of halogens is 1. The maximum Gasteiger partial charge on any atom is 0.223 e. The monoisotopic (exact) mass is 248 g/mol. The molecule has 0 aromatic heterocycles. The molecule has 0 spiro atoms. The van der Waals surface area contributed by atoms with Gasteiger partial charge < -0.3 is 10.1 Å². The van der Waals surface area contributed by atoms with Crippen molar-refractivity contribution in [2.24, 2.45) is 0 Å². The van der Waals surface area contributed by atoms with Crippen LogP contribution in [0.15, 0.2) is 18.2 Å². The molecule has 1 aliphatic rings. The van der Waals surface area contributed by atoms with Crippen molar-refractivity contribution in [1.29, 1.82) is 5.26 Å². The Hall–Kier alpha value is -2.09. The van der Waals surface area contributed by atoms with Crippen molar-refractivity contribution in [3.05, 3.63) is 29.6 Å². The Kier molecular flexibility index (Phi) is 3.78. The van der Waals surface area contributed by atoms with E-state index < -0.39 is 5.82 Å². The van der Waals surface area contributed by atoms with E-state index in [2.05, 4.69) is 5.32 Å². The molecule has 0 heterocycles. The number of ether oxygens (including phenoxy) is 1. The van der Waals surface area contributed by atoms with Crippen molar-refractivity contribution in [1.82, 2.24) is 5.32 Å². The largest absolute Gasteiger partial charge is 0.493 e. The molecule has 0 aliphatic heterocycles. The first-order valence-electron chi connectivity index (χ1n) is 5.81. The highest BCUT2D eigenvalue weighted by Gasteiger charge is 2.22. The standard InChI is InChI=1S/C13H13FN2O2/c14-12-7-11(4-1-9(12)8-15)18-6-5-13(17)16-10-2-3-10/h1,4,7,10H,2-3,5-6H2,(H,16,17). The van der Waals surface area contributed by atoms with Crippen LogP contribution in [-0.4, -0.2) is 18.6 Å². The van der Waals surface area contributed by atoms with Gasteiger partial charge in [-0.3, -0.25) is 4.79 Å². The van der Waals surface area contributed by atoms with Gasteiger partial charge in [-0.05, 0) is 25.0 Å². The number of carbonyl (C=O) groups excluding carboxylic acids is 1. The molecule has 2 rings (SSSR count). The van der Waals surface area contributed by atoms with E-state index in [0.29, 0.717) is 11.8 Å². The lowest BCUT2D eigenvalue weighted by Crippen LogP contribution is -2.26. The summed E-state index contributed by atoms with van der Waals surface area (Å²) in [4.78, 5) is 11.3. The van der Waals surface area contributed by atoms with Crippen LogP contribution in [-0.2, 0) is 4.79 Å². The fourth-order valence-electron chi connectivity index (χ4n) is 1.47. The van der Waals surface area contributed by atoms with Crippen LogP contribution in [0, 0.1) is 17.1 Å². The first-order chi connectivity index (χ1) is 8.69. The Balaban J connectivity index is 1.77. The second kappa shape index (κ2) is 5.50. The number of hydrogen-bond acceptors (Lipinski definition) is 3. The third kappa shape index (κ3) is 3.45. The van der Waals surface area contributed by atoms with E-state index in [1.807, 2.05) is 0 Å². The number of nitrogens with one attached hydrogen (secondary N) is 1. The van der Waals surface area contributed by atoms with E-state index in [4.69, 9.17) is 10.00 Å². The second-order valence-corrected chi connectivity index (χ2v) is 4.19. The summed E-state index contributed by atoms with van der Waals surface area (Å²) < 4.78 is 18.5. The summed E-state index contributed by atoms with van der Waals surface area (Å²) in [6, 6.07) is 6.09. The van der Waals surface area contributed by atoms with Gasteiger partial charge in [0.1, 0.15) is 17.6 Å². The highest BCUT2D eigenvalue weighted by atomic mass is 19.1. The molecule has 1 aromatic carbocycles. The van der Waals surface area contributed by atoms with Crippen LogP contribution in [0.2, 0.25) is 0 Å². The lowest BCUT2D eigenvalue weighted by atomic mass is 10.2. The molecular formula is C13H13FN2O2. The van der Waals surface area contributed by atoms with Gasteiger partial charge >= 0.3 is 0 Å². The summed E-state index contributed by atoms with van der Waals surface area (Å²) in [5.74, 6) is -0.338. The molecule has 1 N–H and O–H groups in total. The van der Waals surface area contributed by atoms with Crippen LogP contribution in [0.5, 0.6) is 5.75 Å². The van der Waals surface area contributed by atoms with Crippen LogP contribution in [0.25, 0.3) is 0 Å². The SMILES string of the molecule is N#Cc1ccc(OCCC(=O)NC2CC2)cc1F. The molecule has 0 bridgehead atoms. The van der Waals surface area contributed by atoms with Gasteiger partial charge in [-0.1, -0.05) is 0 Å². The van der Waals surface area contributed by atoms with Gasteiger partial charge in [0.2, 0.25) is 5.91 Å². The van der Waals surface area contributed by atoms with Crippen molar-refractivity contribution >= 4 is 5.91 Å². The van der Waals surface area contributed by atoms with Crippen molar-refractivity contribution < 1.29 is 13.9 Å². The van der Waals surface area contributed by atoms with Gasteiger partial charge in [-0.2, -0.15) is 5.26 Å². The Morgan fingerprint density at radius 1 is 1.56 bits per heavy atom. The van der Waals surface area contributed by atoms with Crippen LogP contribution in [0.3, 0.4) is 0 Å². The summed E-state index contributed by atoms with van der Waals surface area (Å²) >= 11 is 0. The summed E-state index contributed by atoms with van der Waals surface area (Å²) in [7, 11) is 0. The Labute approximate surface area is 104 Å². The Morgan fingerprint density at radius 3 is 2.94 bits per heavy atom. The maximum atomic E-state index is 13.2. The molecule has 94 valence electrons. The lowest BCUT2D eigenvalue weighted by molar-refractivity contribution is -0.121. The van der Waals surface area contributed by atoms with Crippen molar-refractivity contribution in [2.45, 2.75) is 25.3 Å². The van der Waals surface area contributed by atoms with E-state index in [1.54, 1.807) is 6.07 Å². The van der Waals surface area contributed by atoms with E-state index in [-0.39, 0.29) is 24.5 Å². The smallest absolute Gasteiger partial charge is 0.223 e. The zero-order chi connectivity index (χ0) is 13.0. The molecular weight excluding hydrogens is 235 g/mol. The van der Waals surface area contributed by atoms with Crippen molar-refractivity contribution in [3.63, 3.8) is 0 Å². The van der Waals surface area contributed by atoms with E-state index in [0.717, 1.165) is 18.9 Å². The summed E-state index contributed by atoms with van der Waals surface area (Å²) in [6.45, 7) is 0.198. The molecule has 0 radical (unpaired) electrons. The number of benzene rings is 1. The maximum absolute atomic E-state index is 13.2. The molecule has 18 heavy (non-hydrogen) atoms. The summed E-state index contributed by atoms with van der Waals surface area (Å²) in [5, 5.41) is 11.4. The van der Waals surface area contributed by atoms with Crippen LogP contribution in [0.4, 0.5) is 4.39 Å². The second-order valence-electron chi connectivity index (χ2n) is 4.19. The molecule has 4 nitrogen and oxygen atoms in total. The van der Waals surface area contributed by atoms with Crippen molar-refractivity contribution in [2.75, 3.05) is 6.61 Å². The van der Waals surface area contributed by atoms with Gasteiger partial charge in [-0.25, -0.2) is 4.39 Å². The molecule has 0 saturated heterocycles. The van der Waals surface area contributed by atoms with Crippen LogP contribution < -0.4 is 10.1 Å². The predicted octanol–water partition coefficient (Wildman–Crippen LogP) is 1.74. The molecule has 1 aromatic rings. The number of hydrogen-bond donors (Lipinski definition) is 1. The quantitative estimate of drug-likeness (QED) is 0.863. The average molecular weight is 248 g/mol. The first kappa shape index (κ1) is 12.4. The normalized spacial score (nSPS) is 13.8. The number of carbonyl (C=O) groups is 1. The van der Waals surface area contributed by atoms with Gasteiger partial charge in [0.05, 0.1) is 18.6 Å². The summed E-state index contributed by atoms with van der Waals surface area (Å²) in [6.07, 6.45) is 2.35. The fraction of sp³-hybridized carbons (Fsp3) is 0.385. The highest BCUT2D eigenvalue weighted by Crippen LogP contribution is 2.19. The van der Waals surface area contributed by atoms with E-state index in [9.17, 15) is 9.18 Å². The van der Waals surface area contributed by atoms with Gasteiger partial charge in [0, 0.05) is 12.1 Å². The lowest BCUT2D eigenvalue weighted by Gasteiger charge is -2.07. The molecule has 0 unspecified atom stereocenters. The minimum atomic E-state index is -0.613. The molecule has 0 atom stereocenters. The van der Waals surface area contributed by atoms with E-state index >= 15 is 0 Å². The first-order valence-corrected chi connectivity index (χ1v) is 5.81. The number of nitrogens with zero attached hydrogens (tertiary/aromatic N) is 1. The van der Waals surface area contributed by atoms with Crippen LogP contribution >= 0.6 is 0 Å². The Bertz CT molecular complexity index is 492. The van der Waals surface area contributed by atoms with Crippen molar-refractivity contribution in [3.8, 4) is 11.8 Å². The molecule has 1 fully saturated rings. The molecule has 1 amide bonds. The predicted molar refractivity (Wildman–Crippen MR) is 62.4 cm³/mol. The third-order valence-corrected chi connectivity index (χ3v) is 2.60. The van der Waals surface area contributed by atoms with Crippen LogP contribution in [0.1, 0.15) is 24.8 Å². The highest BCUT2D eigenvalue weighted by molar-refractivity contribution is 5.76. The molecule has 5 heteroatoms. The summed E-state index contributed by atoms with van der Waals surface area (Å²) in [5.41, 5.74) is -0.0196. The molecule has 1 saturated carbocycles. The van der Waals surface area contributed by atoms with Gasteiger partial charge in [-0.15, -0.1) is 0 Å². The topological polar surface area (TPSA) is 62.1 Å². The minimum absolute atomic E-state index is 0.0196. The molecule has 1 aliphatic carbocycles.